The molecule has 0 aliphatic carbocycles. The topological polar surface area (TPSA) is 70.4 Å². The molecule has 0 amide bonds. The van der Waals surface area contributed by atoms with E-state index in [1.165, 1.54) is 0 Å². The molecule has 2 aromatic rings. The van der Waals surface area contributed by atoms with E-state index in [1.807, 2.05) is 32.0 Å². The Morgan fingerprint density at radius 1 is 0.885 bits per heavy atom. The number of hydrogen-bond acceptors (Lipinski definition) is 5. The number of rotatable bonds is 3. The van der Waals surface area contributed by atoms with Crippen LogP contribution in [0.1, 0.15) is 69.6 Å². The summed E-state index contributed by atoms with van der Waals surface area (Å²) >= 11 is 0. The predicted molar refractivity (Wildman–Crippen MR) is 108 cm³/mol. The first kappa shape index (κ1) is 19.9. The second-order valence-corrected chi connectivity index (χ2v) is 8.81. The Morgan fingerprint density at radius 3 is 1.77 bits per heavy atom. The minimum absolute atomic E-state index is 0.169. The van der Waals surface area contributed by atoms with Gasteiger partial charge in [-0.1, -0.05) is 41.5 Å². The van der Waals surface area contributed by atoms with Gasteiger partial charge >= 0.3 is 0 Å². The van der Waals surface area contributed by atoms with Gasteiger partial charge in [-0.25, -0.2) is 15.4 Å². The lowest BCUT2D eigenvalue weighted by Crippen LogP contribution is -2.18. The normalized spacial score (nSPS) is 12.6. The summed E-state index contributed by atoms with van der Waals surface area (Å²) in [5, 5.41) is 15.1. The Morgan fingerprint density at radius 2 is 1.35 bits per heavy atom. The summed E-state index contributed by atoms with van der Waals surface area (Å²) in [7, 11) is 0. The second kappa shape index (κ2) is 7.06. The first-order valence-electron chi connectivity index (χ1n) is 8.87. The SMILES string of the molecule is Cc1cc(C)nc(N/N=C\c2cc(C(C)(C)C)c(O)c(C(C)(C)C)c2)n1. The number of nitrogens with one attached hydrogen (secondary N) is 1. The number of hydrogen-bond donors (Lipinski definition) is 2. The highest BCUT2D eigenvalue weighted by molar-refractivity contribution is 5.82. The molecule has 26 heavy (non-hydrogen) atoms. The molecule has 5 heteroatoms. The van der Waals surface area contributed by atoms with Crippen LogP contribution in [0.4, 0.5) is 5.95 Å². The van der Waals surface area contributed by atoms with Crippen molar-refractivity contribution in [3.8, 4) is 5.75 Å². The minimum Gasteiger partial charge on any atom is -0.507 e. The first-order chi connectivity index (χ1) is 11.9. The molecule has 1 heterocycles. The molecule has 1 aromatic heterocycles. The van der Waals surface area contributed by atoms with Crippen molar-refractivity contribution in [3.63, 3.8) is 0 Å². The highest BCUT2D eigenvalue weighted by Gasteiger charge is 2.26. The maximum absolute atomic E-state index is 10.8. The molecule has 140 valence electrons. The lowest BCUT2D eigenvalue weighted by atomic mass is 9.78. The van der Waals surface area contributed by atoms with Crippen molar-refractivity contribution in [2.24, 2.45) is 5.10 Å². The predicted octanol–water partition coefficient (Wildman–Crippen LogP) is 4.84. The van der Waals surface area contributed by atoms with E-state index in [2.05, 4.69) is 62.0 Å². The van der Waals surface area contributed by atoms with Gasteiger partial charge in [-0.2, -0.15) is 5.10 Å². The van der Waals surface area contributed by atoms with Crippen LogP contribution in [0, 0.1) is 13.8 Å². The van der Waals surface area contributed by atoms with Crippen LogP contribution in [0.5, 0.6) is 5.75 Å². The fourth-order valence-corrected chi connectivity index (χ4v) is 2.82. The number of phenolic OH excluding ortho intramolecular Hbond substituents is 1. The standard InChI is InChI=1S/C21H30N4O/c1-13-9-14(2)24-19(23-13)25-22-12-15-10-16(20(3,4)5)18(26)17(11-15)21(6,7)8/h9-12,26H,1-8H3,(H,23,24,25)/b22-12-. The van der Waals surface area contributed by atoms with Gasteiger partial charge in [0.05, 0.1) is 6.21 Å². The number of phenols is 1. The van der Waals surface area contributed by atoms with Gasteiger partial charge in [0.2, 0.25) is 5.95 Å². The largest absolute Gasteiger partial charge is 0.507 e. The van der Waals surface area contributed by atoms with Crippen LogP contribution in [0.25, 0.3) is 0 Å². The van der Waals surface area contributed by atoms with Gasteiger partial charge < -0.3 is 5.11 Å². The number of anilines is 1. The molecule has 0 spiro atoms. The third-order valence-corrected chi connectivity index (χ3v) is 4.11. The van der Waals surface area contributed by atoms with E-state index >= 15 is 0 Å². The molecule has 1 aromatic carbocycles. The third-order valence-electron chi connectivity index (χ3n) is 4.11. The minimum atomic E-state index is -0.169. The molecule has 2 N–H and O–H groups in total. The summed E-state index contributed by atoms with van der Waals surface area (Å²) in [5.74, 6) is 0.845. The van der Waals surface area contributed by atoms with Gasteiger partial charge in [0, 0.05) is 22.5 Å². The van der Waals surface area contributed by atoms with Crippen molar-refractivity contribution in [1.29, 1.82) is 0 Å². The van der Waals surface area contributed by atoms with Crippen LogP contribution in [-0.2, 0) is 10.8 Å². The highest BCUT2D eigenvalue weighted by Crippen LogP contribution is 2.39. The molecular weight excluding hydrogens is 324 g/mol. The molecule has 0 saturated heterocycles. The number of aromatic nitrogens is 2. The van der Waals surface area contributed by atoms with E-state index < -0.39 is 0 Å². The highest BCUT2D eigenvalue weighted by atomic mass is 16.3. The van der Waals surface area contributed by atoms with Crippen LogP contribution in [0.15, 0.2) is 23.3 Å². The van der Waals surface area contributed by atoms with Crippen LogP contribution >= 0.6 is 0 Å². The number of benzene rings is 1. The zero-order chi connectivity index (χ0) is 19.7. The molecular formula is C21H30N4O. The van der Waals surface area contributed by atoms with E-state index in [4.69, 9.17) is 0 Å². The Hall–Kier alpha value is -2.43. The first-order valence-corrected chi connectivity index (χ1v) is 8.87. The van der Waals surface area contributed by atoms with Crippen molar-refractivity contribution in [2.45, 2.75) is 66.2 Å². The molecule has 0 atom stereocenters. The maximum Gasteiger partial charge on any atom is 0.243 e. The molecule has 0 saturated carbocycles. The quantitative estimate of drug-likeness (QED) is 0.611. The summed E-state index contributed by atoms with van der Waals surface area (Å²) < 4.78 is 0. The van der Waals surface area contributed by atoms with Gasteiger partial charge in [0.1, 0.15) is 5.75 Å². The van der Waals surface area contributed by atoms with Crippen LogP contribution in [0.2, 0.25) is 0 Å². The molecule has 0 unspecified atom stereocenters. The smallest absolute Gasteiger partial charge is 0.243 e. The van der Waals surface area contributed by atoms with E-state index in [1.54, 1.807) is 6.21 Å². The zero-order valence-corrected chi connectivity index (χ0v) is 17.1. The fourth-order valence-electron chi connectivity index (χ4n) is 2.82. The van der Waals surface area contributed by atoms with Gasteiger partial charge in [-0.15, -0.1) is 0 Å². The van der Waals surface area contributed by atoms with E-state index in [0.29, 0.717) is 11.7 Å². The Bertz CT molecular complexity index is 772. The summed E-state index contributed by atoms with van der Waals surface area (Å²) in [6.45, 7) is 16.4. The van der Waals surface area contributed by atoms with E-state index in [9.17, 15) is 5.11 Å². The third kappa shape index (κ3) is 4.81. The molecule has 0 aliphatic rings. The molecule has 5 nitrogen and oxygen atoms in total. The van der Waals surface area contributed by atoms with Gasteiger partial charge in [0.25, 0.3) is 0 Å². The van der Waals surface area contributed by atoms with E-state index in [0.717, 1.165) is 28.1 Å². The molecule has 2 rings (SSSR count). The summed E-state index contributed by atoms with van der Waals surface area (Å²) in [6.07, 6.45) is 1.74. The summed E-state index contributed by atoms with van der Waals surface area (Å²) in [4.78, 5) is 8.63. The van der Waals surface area contributed by atoms with E-state index in [-0.39, 0.29) is 10.8 Å². The van der Waals surface area contributed by atoms with Gasteiger partial charge in [-0.05, 0) is 48.4 Å². The summed E-state index contributed by atoms with van der Waals surface area (Å²) in [5.41, 5.74) is 7.09. The average Bonchev–Trinajstić information content (AvgIpc) is 2.45. The maximum atomic E-state index is 10.8. The number of aryl methyl sites for hydroxylation is 2. The average molecular weight is 354 g/mol. The molecule has 0 aliphatic heterocycles. The van der Waals surface area contributed by atoms with Crippen LogP contribution in [-0.4, -0.2) is 21.3 Å². The Labute approximate surface area is 156 Å². The van der Waals surface area contributed by atoms with Crippen molar-refractivity contribution in [2.75, 3.05) is 5.43 Å². The van der Waals surface area contributed by atoms with Crippen molar-refractivity contribution >= 4 is 12.2 Å². The number of nitrogens with zero attached hydrogens (tertiary/aromatic N) is 3. The Balaban J connectivity index is 2.39. The van der Waals surface area contributed by atoms with Gasteiger partial charge in [0.15, 0.2) is 0 Å². The van der Waals surface area contributed by atoms with Crippen molar-refractivity contribution < 1.29 is 5.11 Å². The lowest BCUT2D eigenvalue weighted by molar-refractivity contribution is 0.423. The second-order valence-electron chi connectivity index (χ2n) is 8.81. The zero-order valence-electron chi connectivity index (χ0n) is 17.1. The monoisotopic (exact) mass is 354 g/mol. The van der Waals surface area contributed by atoms with Crippen molar-refractivity contribution in [1.82, 2.24) is 9.97 Å². The molecule has 0 fully saturated rings. The van der Waals surface area contributed by atoms with Gasteiger partial charge in [-0.3, -0.25) is 0 Å². The Kier molecular flexibility index (Phi) is 5.40. The molecule has 0 bridgehead atoms. The number of aromatic hydroxyl groups is 1. The van der Waals surface area contributed by atoms with Crippen LogP contribution < -0.4 is 5.43 Å². The van der Waals surface area contributed by atoms with Crippen LogP contribution in [0.3, 0.4) is 0 Å². The lowest BCUT2D eigenvalue weighted by Gasteiger charge is -2.27. The number of hydrazone groups is 1. The van der Waals surface area contributed by atoms with Crippen molar-refractivity contribution in [3.05, 3.63) is 46.3 Å². The summed E-state index contributed by atoms with van der Waals surface area (Å²) in [6, 6.07) is 5.89. The molecule has 0 radical (unpaired) electrons. The fraction of sp³-hybridized carbons (Fsp3) is 0.476.